The van der Waals surface area contributed by atoms with Crippen molar-refractivity contribution < 1.29 is 18.3 Å². The van der Waals surface area contributed by atoms with Crippen LogP contribution in [-0.2, 0) is 9.53 Å². The van der Waals surface area contributed by atoms with Crippen LogP contribution in [-0.4, -0.2) is 25.9 Å². The van der Waals surface area contributed by atoms with Gasteiger partial charge in [-0.15, -0.1) is 0 Å². The fourth-order valence-electron chi connectivity index (χ4n) is 1.48. The third-order valence-electron chi connectivity index (χ3n) is 2.51. The molecule has 0 amide bonds. The van der Waals surface area contributed by atoms with Crippen molar-refractivity contribution in [2.75, 3.05) is 13.8 Å². The monoisotopic (exact) mass is 248 g/mol. The fourth-order valence-corrected chi connectivity index (χ4v) is 1.48. The second-order valence-electron chi connectivity index (χ2n) is 4.02. The first-order chi connectivity index (χ1) is 8.20. The molecule has 17 heavy (non-hydrogen) atoms. The average Bonchev–Trinajstić information content (AvgIpc) is 2.35. The maximum absolute atomic E-state index is 12.5. The van der Waals surface area contributed by atoms with Crippen molar-refractivity contribution in [1.29, 1.82) is 0 Å². The van der Waals surface area contributed by atoms with E-state index < -0.39 is 12.8 Å². The van der Waals surface area contributed by atoms with E-state index in [1.165, 1.54) is 13.2 Å². The highest BCUT2D eigenvalue weighted by atomic mass is 19.2. The molecule has 0 aliphatic rings. The molecular weight excluding hydrogens is 226 g/mol. The number of allylic oxidation sites excluding steroid dienone is 1. The lowest BCUT2D eigenvalue weighted by Crippen LogP contribution is -2.01. The predicted molar refractivity (Wildman–Crippen MR) is 64.3 cm³/mol. The molecule has 0 unspecified atom stereocenters. The van der Waals surface area contributed by atoms with Crippen LogP contribution in [0.15, 0.2) is 12.2 Å². The molecule has 1 atom stereocenters. The van der Waals surface area contributed by atoms with Crippen molar-refractivity contribution in [2.24, 2.45) is 0 Å². The van der Waals surface area contributed by atoms with E-state index >= 15 is 0 Å². The van der Waals surface area contributed by atoms with Crippen molar-refractivity contribution in [1.82, 2.24) is 0 Å². The van der Waals surface area contributed by atoms with Gasteiger partial charge in [0.2, 0.25) is 0 Å². The van der Waals surface area contributed by atoms with Crippen LogP contribution in [0.5, 0.6) is 0 Å². The summed E-state index contributed by atoms with van der Waals surface area (Å²) in [5.74, 6) is -0.329. The Morgan fingerprint density at radius 1 is 1.24 bits per heavy atom. The summed E-state index contributed by atoms with van der Waals surface area (Å²) < 4.78 is 28.7. The first kappa shape index (κ1) is 16.1. The zero-order chi connectivity index (χ0) is 12.9. The highest BCUT2D eigenvalue weighted by molar-refractivity contribution is 5.81. The number of halogens is 2. The second-order valence-corrected chi connectivity index (χ2v) is 4.02. The minimum absolute atomic E-state index is 0.329. The van der Waals surface area contributed by atoms with Crippen LogP contribution >= 0.6 is 0 Å². The zero-order valence-electron chi connectivity index (χ0n) is 10.5. The molecule has 4 heteroatoms. The third kappa shape index (κ3) is 11.3. The minimum atomic E-state index is -1.28. The van der Waals surface area contributed by atoms with Gasteiger partial charge in [-0.25, -0.2) is 13.6 Å². The molecule has 0 aromatic rings. The van der Waals surface area contributed by atoms with E-state index in [-0.39, 0.29) is 5.97 Å². The molecule has 0 aliphatic heterocycles. The quantitative estimate of drug-likeness (QED) is 0.334. The van der Waals surface area contributed by atoms with Gasteiger partial charge in [-0.2, -0.15) is 0 Å². The van der Waals surface area contributed by atoms with E-state index in [4.69, 9.17) is 0 Å². The summed E-state index contributed by atoms with van der Waals surface area (Å²) in [4.78, 5) is 10.7. The van der Waals surface area contributed by atoms with Gasteiger partial charge in [-0.1, -0.05) is 31.8 Å². The molecular formula is C13H22F2O2. The number of unbranched alkanes of at least 4 members (excludes halogenated alkanes) is 5. The van der Waals surface area contributed by atoms with Crippen molar-refractivity contribution >= 4 is 5.97 Å². The predicted octanol–water partition coefficient (Wildman–Crippen LogP) is 3.75. The number of hydrogen-bond acceptors (Lipinski definition) is 2. The molecule has 0 aromatic heterocycles. The van der Waals surface area contributed by atoms with Crippen molar-refractivity contribution in [2.45, 2.75) is 51.1 Å². The van der Waals surface area contributed by atoms with Gasteiger partial charge >= 0.3 is 5.97 Å². The first-order valence-corrected chi connectivity index (χ1v) is 6.15. The van der Waals surface area contributed by atoms with Gasteiger partial charge < -0.3 is 4.74 Å². The standard InChI is InChI=1S/C13H22F2O2/c1-17-13(16)10-8-6-4-2-3-5-7-9-12(15)11-14/h8,10,12H,2-7,9,11H2,1H3/b10-8+/t12-/m1/s1. The van der Waals surface area contributed by atoms with Crippen LogP contribution < -0.4 is 0 Å². The summed E-state index contributed by atoms with van der Waals surface area (Å²) in [7, 11) is 1.35. The average molecular weight is 248 g/mol. The minimum Gasteiger partial charge on any atom is -0.466 e. The Bertz CT molecular complexity index is 217. The second kappa shape index (κ2) is 11.6. The first-order valence-electron chi connectivity index (χ1n) is 6.15. The van der Waals surface area contributed by atoms with Crippen LogP contribution in [0.1, 0.15) is 44.9 Å². The number of esters is 1. The van der Waals surface area contributed by atoms with Crippen LogP contribution in [0.25, 0.3) is 0 Å². The molecule has 0 N–H and O–H groups in total. The zero-order valence-corrected chi connectivity index (χ0v) is 10.5. The number of rotatable bonds is 10. The molecule has 0 saturated carbocycles. The summed E-state index contributed by atoms with van der Waals surface area (Å²) in [5, 5.41) is 0. The van der Waals surface area contributed by atoms with E-state index in [1.807, 2.05) is 0 Å². The highest BCUT2D eigenvalue weighted by Gasteiger charge is 2.03. The molecule has 0 spiro atoms. The Morgan fingerprint density at radius 2 is 1.88 bits per heavy atom. The lowest BCUT2D eigenvalue weighted by Gasteiger charge is -2.02. The Morgan fingerprint density at radius 3 is 2.53 bits per heavy atom. The molecule has 2 nitrogen and oxygen atoms in total. The summed E-state index contributed by atoms with van der Waals surface area (Å²) in [6.07, 6.45) is 7.92. The Hall–Kier alpha value is -0.930. The summed E-state index contributed by atoms with van der Waals surface area (Å²) >= 11 is 0. The van der Waals surface area contributed by atoms with E-state index in [9.17, 15) is 13.6 Å². The van der Waals surface area contributed by atoms with Crippen LogP contribution in [0.2, 0.25) is 0 Å². The molecule has 0 aliphatic carbocycles. The van der Waals surface area contributed by atoms with E-state index in [2.05, 4.69) is 4.74 Å². The molecule has 0 saturated heterocycles. The molecule has 100 valence electrons. The van der Waals surface area contributed by atoms with Crippen molar-refractivity contribution in [3.63, 3.8) is 0 Å². The normalized spacial score (nSPS) is 12.9. The lowest BCUT2D eigenvalue weighted by atomic mass is 10.1. The number of ether oxygens (including phenoxy) is 1. The Labute approximate surface area is 102 Å². The van der Waals surface area contributed by atoms with Gasteiger partial charge in [-0.05, 0) is 19.3 Å². The topological polar surface area (TPSA) is 26.3 Å². The number of methoxy groups -OCH3 is 1. The number of alkyl halides is 2. The number of carbonyl (C=O) groups excluding carboxylic acids is 1. The van der Waals surface area contributed by atoms with Gasteiger partial charge in [0.15, 0.2) is 0 Å². The number of hydrogen-bond donors (Lipinski definition) is 0. The summed E-state index contributed by atoms with van der Waals surface area (Å²) in [6.45, 7) is -0.863. The van der Waals surface area contributed by atoms with Gasteiger partial charge in [0.1, 0.15) is 12.8 Å². The van der Waals surface area contributed by atoms with Crippen molar-refractivity contribution in [3.8, 4) is 0 Å². The van der Waals surface area contributed by atoms with Gasteiger partial charge in [0, 0.05) is 6.08 Å². The molecule has 0 aromatic carbocycles. The summed E-state index contributed by atoms with van der Waals surface area (Å²) in [5.41, 5.74) is 0. The molecule has 0 heterocycles. The number of carbonyl (C=O) groups is 1. The molecule has 0 rings (SSSR count). The Kier molecular flexibility index (Phi) is 10.9. The van der Waals surface area contributed by atoms with Crippen LogP contribution in [0.4, 0.5) is 8.78 Å². The SMILES string of the molecule is COC(=O)/C=C/CCCCCCC[C@@H](F)CF. The largest absolute Gasteiger partial charge is 0.466 e. The van der Waals surface area contributed by atoms with Gasteiger partial charge in [0.25, 0.3) is 0 Å². The molecule has 0 fully saturated rings. The lowest BCUT2D eigenvalue weighted by molar-refractivity contribution is -0.134. The molecule has 0 bridgehead atoms. The molecule has 0 radical (unpaired) electrons. The van der Waals surface area contributed by atoms with Gasteiger partial charge in [0.05, 0.1) is 7.11 Å². The van der Waals surface area contributed by atoms with E-state index in [0.29, 0.717) is 6.42 Å². The van der Waals surface area contributed by atoms with E-state index in [0.717, 1.165) is 38.5 Å². The van der Waals surface area contributed by atoms with Crippen LogP contribution in [0, 0.1) is 0 Å². The third-order valence-corrected chi connectivity index (χ3v) is 2.51. The maximum atomic E-state index is 12.5. The Balaban J connectivity index is 3.19. The fraction of sp³-hybridized carbons (Fsp3) is 0.769. The summed E-state index contributed by atoms with van der Waals surface area (Å²) in [6, 6.07) is 0. The van der Waals surface area contributed by atoms with Crippen molar-refractivity contribution in [3.05, 3.63) is 12.2 Å². The smallest absolute Gasteiger partial charge is 0.330 e. The maximum Gasteiger partial charge on any atom is 0.330 e. The van der Waals surface area contributed by atoms with E-state index in [1.54, 1.807) is 6.08 Å². The van der Waals surface area contributed by atoms with Gasteiger partial charge in [-0.3, -0.25) is 0 Å². The highest BCUT2D eigenvalue weighted by Crippen LogP contribution is 2.10. The van der Waals surface area contributed by atoms with Crippen LogP contribution in [0.3, 0.4) is 0 Å².